The second kappa shape index (κ2) is 6.39. The molecule has 4 nitrogen and oxygen atoms in total. The Morgan fingerprint density at radius 2 is 2.00 bits per heavy atom. The minimum absolute atomic E-state index is 0.120. The maximum Gasteiger partial charge on any atom is 0.224 e. The van der Waals surface area contributed by atoms with E-state index in [4.69, 9.17) is 5.26 Å². The molecular weight excluding hydrogens is 252 g/mol. The normalized spacial score (nSPS) is 9.75. The fraction of sp³-hybridized carbons (Fsp3) is 0.125. The average molecular weight is 266 g/mol. The van der Waals surface area contributed by atoms with Gasteiger partial charge in [0.15, 0.2) is 0 Å². The van der Waals surface area contributed by atoms with Gasteiger partial charge in [-0.05, 0) is 23.8 Å². The second-order valence-corrected chi connectivity index (χ2v) is 4.39. The zero-order valence-corrected chi connectivity index (χ0v) is 10.8. The van der Waals surface area contributed by atoms with Gasteiger partial charge in [-0.15, -0.1) is 0 Å². The van der Waals surface area contributed by atoms with Gasteiger partial charge in [0.2, 0.25) is 5.91 Å². The van der Waals surface area contributed by atoms with E-state index in [0.29, 0.717) is 17.7 Å². The number of carbonyl (C=O) groups is 1. The van der Waals surface area contributed by atoms with Crippen LogP contribution >= 0.6 is 0 Å². The van der Waals surface area contributed by atoms with Gasteiger partial charge in [-0.3, -0.25) is 4.79 Å². The summed E-state index contributed by atoms with van der Waals surface area (Å²) in [5.74, 6) is -0.0528. The van der Waals surface area contributed by atoms with E-state index in [-0.39, 0.29) is 18.1 Å². The lowest BCUT2D eigenvalue weighted by Crippen LogP contribution is -2.24. The Balaban J connectivity index is 1.93. The highest BCUT2D eigenvalue weighted by Gasteiger charge is 2.06. The van der Waals surface area contributed by atoms with Crippen molar-refractivity contribution in [3.05, 3.63) is 65.2 Å². The lowest BCUT2D eigenvalue weighted by Gasteiger charge is -2.07. The van der Waals surface area contributed by atoms with Crippen LogP contribution in [0, 0.1) is 11.3 Å². The number of nitrogens with one attached hydrogen (secondary N) is 1. The van der Waals surface area contributed by atoms with E-state index in [1.807, 2.05) is 6.07 Å². The number of nitriles is 1. The van der Waals surface area contributed by atoms with Crippen LogP contribution in [0.25, 0.3) is 0 Å². The van der Waals surface area contributed by atoms with Crippen LogP contribution in [-0.4, -0.2) is 11.0 Å². The maximum absolute atomic E-state index is 11.8. The number of hydrogen-bond donors (Lipinski definition) is 2. The van der Waals surface area contributed by atoms with Crippen molar-refractivity contribution in [3.63, 3.8) is 0 Å². The predicted molar refractivity (Wildman–Crippen MR) is 74.8 cm³/mol. The summed E-state index contributed by atoms with van der Waals surface area (Å²) >= 11 is 0. The van der Waals surface area contributed by atoms with Gasteiger partial charge in [0, 0.05) is 12.1 Å². The molecule has 0 aliphatic rings. The SMILES string of the molecule is N#Cc1cccc(CNC(=O)Cc2ccccc2O)c1. The molecule has 20 heavy (non-hydrogen) atoms. The molecule has 2 N–H and O–H groups in total. The van der Waals surface area contributed by atoms with Crippen LogP contribution in [-0.2, 0) is 17.8 Å². The monoisotopic (exact) mass is 266 g/mol. The molecule has 1 amide bonds. The number of rotatable bonds is 4. The number of aromatic hydroxyl groups is 1. The zero-order valence-electron chi connectivity index (χ0n) is 10.8. The summed E-state index contributed by atoms with van der Waals surface area (Å²) < 4.78 is 0. The third kappa shape index (κ3) is 3.59. The molecule has 4 heteroatoms. The molecule has 2 aromatic carbocycles. The van der Waals surface area contributed by atoms with Gasteiger partial charge in [-0.1, -0.05) is 30.3 Å². The standard InChI is InChI=1S/C16H14N2O2/c17-10-12-4-3-5-13(8-12)11-18-16(20)9-14-6-1-2-7-15(14)19/h1-8,19H,9,11H2,(H,18,20). The number of carbonyl (C=O) groups excluding carboxylic acids is 1. The van der Waals surface area contributed by atoms with Crippen molar-refractivity contribution in [2.45, 2.75) is 13.0 Å². The molecule has 0 heterocycles. The second-order valence-electron chi connectivity index (χ2n) is 4.39. The molecule has 0 aliphatic heterocycles. The molecule has 0 saturated heterocycles. The number of amides is 1. The van der Waals surface area contributed by atoms with Gasteiger partial charge >= 0.3 is 0 Å². The Kier molecular flexibility index (Phi) is 4.35. The summed E-state index contributed by atoms with van der Waals surface area (Å²) in [5.41, 5.74) is 2.03. The minimum Gasteiger partial charge on any atom is -0.508 e. The maximum atomic E-state index is 11.8. The van der Waals surface area contributed by atoms with E-state index in [0.717, 1.165) is 5.56 Å². The summed E-state index contributed by atoms with van der Waals surface area (Å²) in [4.78, 5) is 11.8. The molecule has 2 aromatic rings. The van der Waals surface area contributed by atoms with Crippen molar-refractivity contribution in [2.24, 2.45) is 0 Å². The molecule has 0 aliphatic carbocycles. The van der Waals surface area contributed by atoms with Crippen LogP contribution in [0.5, 0.6) is 5.75 Å². The van der Waals surface area contributed by atoms with Gasteiger partial charge in [0.05, 0.1) is 18.1 Å². The molecule has 0 fully saturated rings. The summed E-state index contributed by atoms with van der Waals surface area (Å²) in [5, 5.41) is 21.2. The fourth-order valence-electron chi connectivity index (χ4n) is 1.85. The van der Waals surface area contributed by atoms with Crippen LogP contribution in [0.4, 0.5) is 0 Å². The first-order valence-corrected chi connectivity index (χ1v) is 6.21. The summed E-state index contributed by atoms with van der Waals surface area (Å²) in [6.07, 6.45) is 0.130. The summed E-state index contributed by atoms with van der Waals surface area (Å²) in [6.45, 7) is 0.363. The van der Waals surface area contributed by atoms with Gasteiger partial charge in [-0.2, -0.15) is 5.26 Å². The number of para-hydroxylation sites is 1. The van der Waals surface area contributed by atoms with Crippen LogP contribution in [0.2, 0.25) is 0 Å². The first-order valence-electron chi connectivity index (χ1n) is 6.21. The lowest BCUT2D eigenvalue weighted by molar-refractivity contribution is -0.120. The lowest BCUT2D eigenvalue weighted by atomic mass is 10.1. The number of hydrogen-bond acceptors (Lipinski definition) is 3. The molecule has 0 atom stereocenters. The third-order valence-corrected chi connectivity index (χ3v) is 2.89. The molecule has 0 bridgehead atoms. The Hall–Kier alpha value is -2.80. The van der Waals surface area contributed by atoms with Crippen LogP contribution in [0.1, 0.15) is 16.7 Å². The molecule has 0 saturated carbocycles. The fourth-order valence-corrected chi connectivity index (χ4v) is 1.85. The first kappa shape index (κ1) is 13.6. The topological polar surface area (TPSA) is 73.1 Å². The highest BCUT2D eigenvalue weighted by molar-refractivity contribution is 5.79. The van der Waals surface area contributed by atoms with E-state index < -0.39 is 0 Å². The summed E-state index contributed by atoms with van der Waals surface area (Å²) in [7, 11) is 0. The molecule has 0 unspecified atom stereocenters. The van der Waals surface area contributed by atoms with Crippen LogP contribution < -0.4 is 5.32 Å². The molecule has 0 spiro atoms. The van der Waals surface area contributed by atoms with Crippen molar-refractivity contribution in [2.75, 3.05) is 0 Å². The van der Waals surface area contributed by atoms with Crippen molar-refractivity contribution in [1.29, 1.82) is 5.26 Å². The third-order valence-electron chi connectivity index (χ3n) is 2.89. The molecule has 100 valence electrons. The Labute approximate surface area is 117 Å². The van der Waals surface area contributed by atoms with Crippen molar-refractivity contribution in [1.82, 2.24) is 5.32 Å². The smallest absolute Gasteiger partial charge is 0.224 e. The van der Waals surface area contributed by atoms with Crippen molar-refractivity contribution in [3.8, 4) is 11.8 Å². The highest BCUT2D eigenvalue weighted by atomic mass is 16.3. The first-order chi connectivity index (χ1) is 9.69. The van der Waals surface area contributed by atoms with Crippen LogP contribution in [0.3, 0.4) is 0 Å². The Morgan fingerprint density at radius 1 is 1.20 bits per heavy atom. The van der Waals surface area contributed by atoms with Gasteiger partial charge < -0.3 is 10.4 Å². The zero-order chi connectivity index (χ0) is 14.4. The molecule has 0 aromatic heterocycles. The van der Waals surface area contributed by atoms with E-state index >= 15 is 0 Å². The van der Waals surface area contributed by atoms with Gasteiger partial charge in [-0.25, -0.2) is 0 Å². The molecule has 2 rings (SSSR count). The number of nitrogens with zero attached hydrogens (tertiary/aromatic N) is 1. The van der Waals surface area contributed by atoms with Gasteiger partial charge in [0.1, 0.15) is 5.75 Å². The number of benzene rings is 2. The predicted octanol–water partition coefficient (Wildman–Crippen LogP) is 2.12. The van der Waals surface area contributed by atoms with Crippen LogP contribution in [0.15, 0.2) is 48.5 Å². The highest BCUT2D eigenvalue weighted by Crippen LogP contribution is 2.15. The Bertz CT molecular complexity index is 660. The number of phenolic OH excluding ortho intramolecular Hbond substituents is 1. The molecular formula is C16H14N2O2. The van der Waals surface area contributed by atoms with Crippen molar-refractivity contribution < 1.29 is 9.90 Å². The van der Waals surface area contributed by atoms with Gasteiger partial charge in [0.25, 0.3) is 0 Å². The van der Waals surface area contributed by atoms with Crippen molar-refractivity contribution >= 4 is 5.91 Å². The largest absolute Gasteiger partial charge is 0.508 e. The van der Waals surface area contributed by atoms with E-state index in [1.165, 1.54) is 0 Å². The number of phenols is 1. The summed E-state index contributed by atoms with van der Waals surface area (Å²) in [6, 6.07) is 15.9. The van der Waals surface area contributed by atoms with E-state index in [9.17, 15) is 9.90 Å². The van der Waals surface area contributed by atoms with E-state index in [1.54, 1.807) is 42.5 Å². The average Bonchev–Trinajstić information content (AvgIpc) is 2.48. The van der Waals surface area contributed by atoms with E-state index in [2.05, 4.69) is 11.4 Å². The Morgan fingerprint density at radius 3 is 2.75 bits per heavy atom. The quantitative estimate of drug-likeness (QED) is 0.890. The minimum atomic E-state index is -0.172. The molecule has 0 radical (unpaired) electrons.